The van der Waals surface area contributed by atoms with E-state index in [9.17, 15) is 4.79 Å². The molecule has 0 aromatic heterocycles. The van der Waals surface area contributed by atoms with Crippen LogP contribution in [0.1, 0.15) is 27.2 Å². The molecule has 0 radical (unpaired) electrons. The lowest BCUT2D eigenvalue weighted by Crippen LogP contribution is -2.47. The van der Waals surface area contributed by atoms with Gasteiger partial charge in [0, 0.05) is 25.2 Å². The van der Waals surface area contributed by atoms with Crippen LogP contribution in [0.2, 0.25) is 0 Å². The molecule has 88 valence electrons. The Balaban J connectivity index is 2.33. The quantitative estimate of drug-likeness (QED) is 0.701. The smallest absolute Gasteiger partial charge is 0.236 e. The molecule has 0 aromatic rings. The van der Waals surface area contributed by atoms with Crippen LogP contribution in [0.3, 0.4) is 0 Å². The summed E-state index contributed by atoms with van der Waals surface area (Å²) in [5, 5.41) is 6.20. The van der Waals surface area contributed by atoms with Crippen molar-refractivity contribution in [2.45, 2.75) is 45.3 Å². The van der Waals surface area contributed by atoms with Crippen LogP contribution in [0.5, 0.6) is 0 Å². The average molecular weight is 213 g/mol. The predicted molar refractivity (Wildman–Crippen MR) is 61.8 cm³/mol. The highest BCUT2D eigenvalue weighted by atomic mass is 16.2. The van der Waals surface area contributed by atoms with Crippen LogP contribution in [-0.4, -0.2) is 49.1 Å². The Morgan fingerprint density at radius 3 is 2.73 bits per heavy atom. The highest BCUT2D eigenvalue weighted by Gasteiger charge is 2.27. The van der Waals surface area contributed by atoms with Gasteiger partial charge in [-0.3, -0.25) is 4.79 Å². The molecule has 1 aliphatic heterocycles. The average Bonchev–Trinajstić information content (AvgIpc) is 2.46. The highest BCUT2D eigenvalue weighted by molar-refractivity contribution is 5.81. The summed E-state index contributed by atoms with van der Waals surface area (Å²) in [6.07, 6.45) is 1.13. The van der Waals surface area contributed by atoms with Crippen molar-refractivity contribution in [3.05, 3.63) is 0 Å². The first-order chi connectivity index (χ1) is 7.04. The lowest BCUT2D eigenvalue weighted by Gasteiger charge is -2.18. The molecule has 0 saturated carbocycles. The second-order valence-corrected chi connectivity index (χ2v) is 4.50. The lowest BCUT2D eigenvalue weighted by molar-refractivity contribution is -0.122. The largest absolute Gasteiger partial charge is 0.355 e. The highest BCUT2D eigenvalue weighted by Crippen LogP contribution is 2.15. The molecule has 3 atom stereocenters. The molecule has 0 spiro atoms. The van der Waals surface area contributed by atoms with E-state index in [1.165, 1.54) is 0 Å². The van der Waals surface area contributed by atoms with Gasteiger partial charge in [0.25, 0.3) is 0 Å². The van der Waals surface area contributed by atoms with Gasteiger partial charge in [-0.1, -0.05) is 0 Å². The van der Waals surface area contributed by atoms with Crippen LogP contribution in [0, 0.1) is 0 Å². The van der Waals surface area contributed by atoms with Crippen LogP contribution in [0.15, 0.2) is 0 Å². The first-order valence-corrected chi connectivity index (χ1v) is 5.78. The molecule has 0 aliphatic carbocycles. The van der Waals surface area contributed by atoms with E-state index >= 15 is 0 Å². The fourth-order valence-corrected chi connectivity index (χ4v) is 2.07. The van der Waals surface area contributed by atoms with Crippen molar-refractivity contribution in [3.63, 3.8) is 0 Å². The summed E-state index contributed by atoms with van der Waals surface area (Å²) in [5.41, 5.74) is 0. The number of carbonyl (C=O) groups is 1. The molecule has 3 unspecified atom stereocenters. The molecule has 1 amide bonds. The standard InChI is InChI=1S/C11H23N3O/c1-5-12-11(15)9(3)13-10-6-8(2)14(4)7-10/h8-10,13H,5-7H2,1-4H3,(H,12,15). The van der Waals surface area contributed by atoms with Crippen molar-refractivity contribution in [1.82, 2.24) is 15.5 Å². The normalized spacial score (nSPS) is 29.1. The van der Waals surface area contributed by atoms with Crippen LogP contribution >= 0.6 is 0 Å². The van der Waals surface area contributed by atoms with Crippen molar-refractivity contribution < 1.29 is 4.79 Å². The van der Waals surface area contributed by atoms with Crippen molar-refractivity contribution >= 4 is 5.91 Å². The summed E-state index contributed by atoms with van der Waals surface area (Å²) in [7, 11) is 2.13. The van der Waals surface area contributed by atoms with Gasteiger partial charge < -0.3 is 15.5 Å². The SMILES string of the molecule is CCNC(=O)C(C)NC1CC(C)N(C)C1. The Hall–Kier alpha value is -0.610. The van der Waals surface area contributed by atoms with E-state index in [1.54, 1.807) is 0 Å². The lowest BCUT2D eigenvalue weighted by atomic mass is 10.1. The zero-order valence-electron chi connectivity index (χ0n) is 10.2. The molecule has 0 aromatic carbocycles. The number of likely N-dealkylation sites (N-methyl/N-ethyl adjacent to an activating group) is 2. The molecule has 1 aliphatic rings. The minimum Gasteiger partial charge on any atom is -0.355 e. The molecule has 2 N–H and O–H groups in total. The molecule has 1 rings (SSSR count). The minimum atomic E-state index is -0.0892. The Bertz CT molecular complexity index is 210. The minimum absolute atomic E-state index is 0.0892. The number of hydrogen-bond donors (Lipinski definition) is 2. The molecule has 4 nitrogen and oxygen atoms in total. The third-order valence-electron chi connectivity index (χ3n) is 3.12. The van der Waals surface area contributed by atoms with Gasteiger partial charge >= 0.3 is 0 Å². The second-order valence-electron chi connectivity index (χ2n) is 4.50. The summed E-state index contributed by atoms with van der Waals surface area (Å²) < 4.78 is 0. The first kappa shape index (κ1) is 12.5. The Morgan fingerprint density at radius 1 is 1.60 bits per heavy atom. The van der Waals surface area contributed by atoms with Gasteiger partial charge in [0.2, 0.25) is 5.91 Å². The van der Waals surface area contributed by atoms with Crippen LogP contribution in [0.25, 0.3) is 0 Å². The van der Waals surface area contributed by atoms with Crippen LogP contribution in [-0.2, 0) is 4.79 Å². The van der Waals surface area contributed by atoms with E-state index < -0.39 is 0 Å². The second kappa shape index (κ2) is 5.47. The molecule has 1 heterocycles. The van der Waals surface area contributed by atoms with E-state index in [2.05, 4.69) is 29.5 Å². The number of rotatable bonds is 4. The number of nitrogens with zero attached hydrogens (tertiary/aromatic N) is 1. The molecule has 0 bridgehead atoms. The fourth-order valence-electron chi connectivity index (χ4n) is 2.07. The van der Waals surface area contributed by atoms with Gasteiger partial charge in [0.05, 0.1) is 6.04 Å². The Labute approximate surface area is 92.4 Å². The predicted octanol–water partition coefficient (Wildman–Crippen LogP) is 0.193. The van der Waals surface area contributed by atoms with E-state index in [4.69, 9.17) is 0 Å². The summed E-state index contributed by atoms with van der Waals surface area (Å²) in [6, 6.07) is 0.972. The third kappa shape index (κ3) is 3.47. The van der Waals surface area contributed by atoms with Crippen molar-refractivity contribution in [1.29, 1.82) is 0 Å². The third-order valence-corrected chi connectivity index (χ3v) is 3.12. The van der Waals surface area contributed by atoms with E-state index in [0.717, 1.165) is 13.0 Å². The molecule has 1 saturated heterocycles. The van der Waals surface area contributed by atoms with Crippen LogP contribution < -0.4 is 10.6 Å². The van der Waals surface area contributed by atoms with E-state index in [1.807, 2.05) is 13.8 Å². The van der Waals surface area contributed by atoms with E-state index in [0.29, 0.717) is 18.6 Å². The zero-order chi connectivity index (χ0) is 11.4. The summed E-state index contributed by atoms with van der Waals surface area (Å²) in [5.74, 6) is 0.0970. The van der Waals surface area contributed by atoms with Crippen molar-refractivity contribution in [2.75, 3.05) is 20.1 Å². The molecule has 15 heavy (non-hydrogen) atoms. The maximum atomic E-state index is 11.5. The van der Waals surface area contributed by atoms with Crippen molar-refractivity contribution in [2.24, 2.45) is 0 Å². The van der Waals surface area contributed by atoms with Gasteiger partial charge in [-0.15, -0.1) is 0 Å². The van der Waals surface area contributed by atoms with Crippen LogP contribution in [0.4, 0.5) is 0 Å². The Kier molecular flexibility index (Phi) is 4.54. The number of hydrogen-bond acceptors (Lipinski definition) is 3. The summed E-state index contributed by atoms with van der Waals surface area (Å²) >= 11 is 0. The van der Waals surface area contributed by atoms with Gasteiger partial charge in [-0.25, -0.2) is 0 Å². The van der Waals surface area contributed by atoms with Gasteiger partial charge in [0.15, 0.2) is 0 Å². The monoisotopic (exact) mass is 213 g/mol. The maximum absolute atomic E-state index is 11.5. The summed E-state index contributed by atoms with van der Waals surface area (Å²) in [6.45, 7) is 7.82. The molecular formula is C11H23N3O. The summed E-state index contributed by atoms with van der Waals surface area (Å²) in [4.78, 5) is 13.8. The van der Waals surface area contributed by atoms with E-state index in [-0.39, 0.29) is 11.9 Å². The zero-order valence-corrected chi connectivity index (χ0v) is 10.2. The fraction of sp³-hybridized carbons (Fsp3) is 0.909. The van der Waals surface area contributed by atoms with Gasteiger partial charge in [0.1, 0.15) is 0 Å². The van der Waals surface area contributed by atoms with Gasteiger partial charge in [-0.05, 0) is 34.2 Å². The molecule has 4 heteroatoms. The number of likely N-dealkylation sites (tertiary alicyclic amines) is 1. The van der Waals surface area contributed by atoms with Crippen molar-refractivity contribution in [3.8, 4) is 0 Å². The Morgan fingerprint density at radius 2 is 2.27 bits per heavy atom. The molecule has 1 fully saturated rings. The number of carbonyl (C=O) groups excluding carboxylic acids is 1. The maximum Gasteiger partial charge on any atom is 0.236 e. The molecular weight excluding hydrogens is 190 g/mol. The number of nitrogens with one attached hydrogen (secondary N) is 2. The topological polar surface area (TPSA) is 44.4 Å². The first-order valence-electron chi connectivity index (χ1n) is 5.78. The van der Waals surface area contributed by atoms with Gasteiger partial charge in [-0.2, -0.15) is 0 Å². The number of amides is 1.